The molecule has 0 bridgehead atoms. The number of rotatable bonds is 4. The zero-order valence-corrected chi connectivity index (χ0v) is 9.60. The number of anilines is 1. The van der Waals surface area contributed by atoms with Gasteiger partial charge in [0.1, 0.15) is 0 Å². The zero-order valence-electron chi connectivity index (χ0n) is 9.60. The van der Waals surface area contributed by atoms with E-state index in [1.54, 1.807) is 24.3 Å². The Hall–Kier alpha value is -2.30. The standard InChI is InChI=1S/C12H13NO4/c1-9(8-11(14)16-2)12(15)17-13-10-6-4-3-5-7-10/h3-8,13H,1-2H3/b9-8+. The highest BCUT2D eigenvalue weighted by Gasteiger charge is 2.08. The van der Waals surface area contributed by atoms with Gasteiger partial charge in [0.05, 0.1) is 12.8 Å². The van der Waals surface area contributed by atoms with Gasteiger partial charge in [-0.15, -0.1) is 0 Å². The summed E-state index contributed by atoms with van der Waals surface area (Å²) < 4.78 is 4.39. The third kappa shape index (κ3) is 4.38. The molecule has 5 heteroatoms. The molecule has 0 amide bonds. The number of carbonyl (C=O) groups is 2. The van der Waals surface area contributed by atoms with Crippen LogP contribution in [0.3, 0.4) is 0 Å². The largest absolute Gasteiger partial charge is 0.466 e. The van der Waals surface area contributed by atoms with Crippen LogP contribution < -0.4 is 5.48 Å². The summed E-state index contributed by atoms with van der Waals surface area (Å²) in [5.41, 5.74) is 3.27. The van der Waals surface area contributed by atoms with Gasteiger partial charge >= 0.3 is 11.9 Å². The third-order valence-electron chi connectivity index (χ3n) is 1.89. The number of para-hydroxylation sites is 1. The van der Waals surface area contributed by atoms with Crippen LogP contribution in [0.25, 0.3) is 0 Å². The second kappa shape index (κ2) is 6.32. The number of carbonyl (C=O) groups excluding carboxylic acids is 2. The van der Waals surface area contributed by atoms with E-state index < -0.39 is 11.9 Å². The molecule has 17 heavy (non-hydrogen) atoms. The van der Waals surface area contributed by atoms with Crippen molar-refractivity contribution in [2.45, 2.75) is 6.92 Å². The summed E-state index contributed by atoms with van der Waals surface area (Å²) in [5, 5.41) is 0. The Bertz CT molecular complexity index is 425. The number of hydrogen-bond acceptors (Lipinski definition) is 5. The monoisotopic (exact) mass is 235 g/mol. The van der Waals surface area contributed by atoms with Crippen LogP contribution in [0.5, 0.6) is 0 Å². The van der Waals surface area contributed by atoms with Gasteiger partial charge in [0.25, 0.3) is 0 Å². The van der Waals surface area contributed by atoms with E-state index in [-0.39, 0.29) is 5.57 Å². The molecule has 5 nitrogen and oxygen atoms in total. The van der Waals surface area contributed by atoms with Crippen molar-refractivity contribution in [1.29, 1.82) is 0 Å². The molecule has 90 valence electrons. The van der Waals surface area contributed by atoms with Gasteiger partial charge < -0.3 is 9.57 Å². The maximum atomic E-state index is 11.4. The second-order valence-electron chi connectivity index (χ2n) is 3.21. The van der Waals surface area contributed by atoms with Crippen molar-refractivity contribution in [3.8, 4) is 0 Å². The Morgan fingerprint density at radius 1 is 1.24 bits per heavy atom. The van der Waals surface area contributed by atoms with Crippen molar-refractivity contribution in [2.24, 2.45) is 0 Å². The summed E-state index contributed by atoms with van der Waals surface area (Å²) in [4.78, 5) is 27.1. The number of hydrogen-bond donors (Lipinski definition) is 1. The molecule has 0 saturated heterocycles. The Labute approximate surface area is 99.0 Å². The van der Waals surface area contributed by atoms with Crippen LogP contribution in [0, 0.1) is 0 Å². The Kier molecular flexibility index (Phi) is 4.75. The maximum absolute atomic E-state index is 11.4. The first-order chi connectivity index (χ1) is 8.13. The maximum Gasteiger partial charge on any atom is 0.358 e. The van der Waals surface area contributed by atoms with Crippen molar-refractivity contribution in [1.82, 2.24) is 0 Å². The van der Waals surface area contributed by atoms with Gasteiger partial charge in [0.2, 0.25) is 0 Å². The molecule has 1 N–H and O–H groups in total. The summed E-state index contributed by atoms with van der Waals surface area (Å²) in [7, 11) is 1.24. The number of ether oxygens (including phenoxy) is 1. The Morgan fingerprint density at radius 3 is 2.47 bits per heavy atom. The highest BCUT2D eigenvalue weighted by atomic mass is 16.7. The van der Waals surface area contributed by atoms with Crippen molar-refractivity contribution in [2.75, 3.05) is 12.6 Å². The summed E-state index contributed by atoms with van der Waals surface area (Å²) >= 11 is 0. The third-order valence-corrected chi connectivity index (χ3v) is 1.89. The average molecular weight is 235 g/mol. The van der Waals surface area contributed by atoms with Gasteiger partial charge in [0.15, 0.2) is 0 Å². The normalized spacial score (nSPS) is 10.6. The molecule has 0 aromatic heterocycles. The van der Waals surface area contributed by atoms with E-state index in [1.165, 1.54) is 14.0 Å². The molecule has 0 heterocycles. The lowest BCUT2D eigenvalue weighted by atomic mass is 10.3. The molecule has 0 fully saturated rings. The van der Waals surface area contributed by atoms with E-state index in [9.17, 15) is 9.59 Å². The predicted molar refractivity (Wildman–Crippen MR) is 61.9 cm³/mol. The van der Waals surface area contributed by atoms with Gasteiger partial charge in [-0.2, -0.15) is 0 Å². The molecule has 0 radical (unpaired) electrons. The summed E-state index contributed by atoms with van der Waals surface area (Å²) in [5.74, 6) is -1.24. The van der Waals surface area contributed by atoms with Gasteiger partial charge in [-0.3, -0.25) is 0 Å². The first-order valence-electron chi connectivity index (χ1n) is 4.92. The fourth-order valence-corrected chi connectivity index (χ4v) is 0.987. The van der Waals surface area contributed by atoms with Crippen molar-refractivity contribution in [3.05, 3.63) is 42.0 Å². The molecule has 0 aliphatic carbocycles. The van der Waals surface area contributed by atoms with Gasteiger partial charge in [-0.05, 0) is 19.1 Å². The van der Waals surface area contributed by atoms with Crippen LogP contribution in [-0.4, -0.2) is 19.0 Å². The molecule has 0 aliphatic heterocycles. The van der Waals surface area contributed by atoms with Gasteiger partial charge in [0, 0.05) is 11.6 Å². The quantitative estimate of drug-likeness (QED) is 0.488. The lowest BCUT2D eigenvalue weighted by Crippen LogP contribution is -2.12. The first kappa shape index (κ1) is 12.8. The van der Waals surface area contributed by atoms with E-state index in [2.05, 4.69) is 10.2 Å². The van der Waals surface area contributed by atoms with Crippen LogP contribution in [-0.2, 0) is 19.2 Å². The summed E-state index contributed by atoms with van der Waals surface area (Å²) in [6, 6.07) is 8.93. The lowest BCUT2D eigenvalue weighted by Gasteiger charge is -2.06. The molecule has 0 aliphatic rings. The molecule has 1 rings (SSSR count). The highest BCUT2D eigenvalue weighted by molar-refractivity contribution is 5.96. The Morgan fingerprint density at radius 2 is 1.88 bits per heavy atom. The molecule has 1 aromatic carbocycles. The van der Waals surface area contributed by atoms with E-state index in [4.69, 9.17) is 4.84 Å². The van der Waals surface area contributed by atoms with Crippen molar-refractivity contribution < 1.29 is 19.2 Å². The van der Waals surface area contributed by atoms with Crippen LogP contribution in [0.1, 0.15) is 6.92 Å². The number of methoxy groups -OCH3 is 1. The summed E-state index contributed by atoms with van der Waals surface area (Å²) in [6.07, 6.45) is 1.06. The van der Waals surface area contributed by atoms with Crippen molar-refractivity contribution >= 4 is 17.6 Å². The molecule has 0 spiro atoms. The van der Waals surface area contributed by atoms with Crippen LogP contribution in [0.15, 0.2) is 42.0 Å². The van der Waals surface area contributed by atoms with Crippen molar-refractivity contribution in [3.63, 3.8) is 0 Å². The predicted octanol–water partition coefficient (Wildman–Crippen LogP) is 1.68. The Balaban J connectivity index is 2.50. The molecular formula is C12H13NO4. The fourth-order valence-electron chi connectivity index (χ4n) is 0.987. The SMILES string of the molecule is COC(=O)/C=C(\C)C(=O)ONc1ccccc1. The van der Waals surface area contributed by atoms with Gasteiger partial charge in [-0.1, -0.05) is 18.2 Å². The average Bonchev–Trinajstić information content (AvgIpc) is 2.36. The fraction of sp³-hybridized carbons (Fsp3) is 0.167. The lowest BCUT2D eigenvalue weighted by molar-refractivity contribution is -0.138. The molecule has 0 unspecified atom stereocenters. The molecule has 1 aromatic rings. The van der Waals surface area contributed by atoms with E-state index in [0.717, 1.165) is 6.08 Å². The van der Waals surface area contributed by atoms with Gasteiger partial charge in [-0.25, -0.2) is 15.1 Å². The summed E-state index contributed by atoms with van der Waals surface area (Å²) in [6.45, 7) is 1.46. The smallest absolute Gasteiger partial charge is 0.358 e. The minimum absolute atomic E-state index is 0.153. The number of benzene rings is 1. The number of esters is 1. The van der Waals surface area contributed by atoms with E-state index in [0.29, 0.717) is 5.69 Å². The minimum Gasteiger partial charge on any atom is -0.466 e. The molecular weight excluding hydrogens is 222 g/mol. The highest BCUT2D eigenvalue weighted by Crippen LogP contribution is 2.06. The first-order valence-corrected chi connectivity index (χ1v) is 4.92. The van der Waals surface area contributed by atoms with E-state index in [1.807, 2.05) is 6.07 Å². The minimum atomic E-state index is -0.640. The molecule has 0 saturated carbocycles. The van der Waals surface area contributed by atoms with Crippen LogP contribution >= 0.6 is 0 Å². The van der Waals surface area contributed by atoms with Crippen LogP contribution in [0.2, 0.25) is 0 Å². The number of nitrogens with one attached hydrogen (secondary N) is 1. The topological polar surface area (TPSA) is 64.6 Å². The van der Waals surface area contributed by atoms with E-state index >= 15 is 0 Å². The van der Waals surface area contributed by atoms with Crippen LogP contribution in [0.4, 0.5) is 5.69 Å². The second-order valence-corrected chi connectivity index (χ2v) is 3.21. The molecule has 0 atom stereocenters. The zero-order chi connectivity index (χ0) is 12.7.